The van der Waals surface area contributed by atoms with Crippen molar-refractivity contribution in [1.29, 1.82) is 0 Å². The Hall–Kier alpha value is -2.17. The third-order valence-corrected chi connectivity index (χ3v) is 3.68. The molecule has 136 valence electrons. The smallest absolute Gasteiger partial charge is 0.0456 e. The number of aromatic amines is 1. The monoisotopic (exact) mass is 340 g/mol. The molecule has 25 heavy (non-hydrogen) atoms. The Morgan fingerprint density at radius 2 is 1.56 bits per heavy atom. The maximum absolute atomic E-state index is 4.18. The highest BCUT2D eigenvalue weighted by atomic mass is 14.8. The highest BCUT2D eigenvalue weighted by Crippen LogP contribution is 2.17. The largest absolute Gasteiger partial charge is 0.361 e. The number of likely N-dealkylation sites (N-methyl/N-ethyl adjacent to an activating group) is 2. The molecule has 0 spiro atoms. The molecule has 0 bridgehead atoms. The Morgan fingerprint density at radius 3 is 2.24 bits per heavy atom. The molecule has 3 rings (SSSR count). The Morgan fingerprint density at radius 1 is 0.880 bits per heavy atom. The molecule has 0 amide bonds. The molecular weight excluding hydrogens is 308 g/mol. The van der Waals surface area contributed by atoms with Gasteiger partial charge in [-0.1, -0.05) is 38.1 Å². The molecule has 4 nitrogen and oxygen atoms in total. The molecule has 4 heteroatoms. The molecule has 0 radical (unpaired) electrons. The molecule has 0 fully saturated rings. The van der Waals surface area contributed by atoms with Gasteiger partial charge in [0.15, 0.2) is 0 Å². The standard InChI is InChI=1S/C11H14N2.C8H12N2.C2H6/c1-12-7-6-9-8-13-11-5-3-2-4-10(9)11;1-9-7-5-8-4-2-3-6-10-8;1-2/h2-5,8,12-13H,6-7H2,1H3;2-4,6,9H,5,7H2,1H3;1-2H3. The summed E-state index contributed by atoms with van der Waals surface area (Å²) in [6, 6.07) is 14.4. The lowest BCUT2D eigenvalue weighted by Gasteiger charge is -1.97. The van der Waals surface area contributed by atoms with Crippen molar-refractivity contribution in [2.45, 2.75) is 26.7 Å². The maximum atomic E-state index is 4.18. The van der Waals surface area contributed by atoms with Gasteiger partial charge < -0.3 is 15.6 Å². The van der Waals surface area contributed by atoms with E-state index in [2.05, 4.69) is 51.1 Å². The number of nitrogens with zero attached hydrogens (tertiary/aromatic N) is 1. The van der Waals surface area contributed by atoms with Gasteiger partial charge in [-0.05, 0) is 50.8 Å². The van der Waals surface area contributed by atoms with E-state index in [1.54, 1.807) is 0 Å². The summed E-state index contributed by atoms with van der Waals surface area (Å²) in [5, 5.41) is 7.58. The Balaban J connectivity index is 0.000000235. The molecule has 0 unspecified atom stereocenters. The van der Waals surface area contributed by atoms with Gasteiger partial charge in [-0.15, -0.1) is 0 Å². The highest BCUT2D eigenvalue weighted by Gasteiger charge is 2.00. The number of fused-ring (bicyclic) bond motifs is 1. The lowest BCUT2D eigenvalue weighted by Crippen LogP contribution is -2.10. The third kappa shape index (κ3) is 7.50. The predicted octanol–water partition coefficient (Wildman–Crippen LogP) is 3.80. The van der Waals surface area contributed by atoms with Gasteiger partial charge in [-0.25, -0.2) is 0 Å². The first-order valence-electron chi connectivity index (χ1n) is 9.09. The van der Waals surface area contributed by atoms with Crippen LogP contribution in [0, 0.1) is 0 Å². The van der Waals surface area contributed by atoms with Gasteiger partial charge in [0.2, 0.25) is 0 Å². The molecule has 3 N–H and O–H groups in total. The summed E-state index contributed by atoms with van der Waals surface area (Å²) in [5.41, 5.74) is 3.77. The summed E-state index contributed by atoms with van der Waals surface area (Å²) < 4.78 is 0. The molecule has 0 aliphatic rings. The van der Waals surface area contributed by atoms with Crippen LogP contribution in [0.25, 0.3) is 10.9 Å². The second kappa shape index (κ2) is 13.2. The zero-order valence-electron chi connectivity index (χ0n) is 16.0. The number of H-pyrrole nitrogens is 1. The van der Waals surface area contributed by atoms with Crippen molar-refractivity contribution in [2.24, 2.45) is 0 Å². The molecule has 0 saturated heterocycles. The lowest BCUT2D eigenvalue weighted by molar-refractivity contribution is 0.776. The Bertz CT molecular complexity index is 676. The van der Waals surface area contributed by atoms with E-state index >= 15 is 0 Å². The minimum atomic E-state index is 0.997. The Labute approximate surface area is 152 Å². The normalized spacial score (nSPS) is 9.76. The van der Waals surface area contributed by atoms with Crippen molar-refractivity contribution in [3.8, 4) is 0 Å². The average molecular weight is 341 g/mol. The fourth-order valence-corrected chi connectivity index (χ4v) is 2.40. The molecule has 0 atom stereocenters. The summed E-state index contributed by atoms with van der Waals surface area (Å²) in [5.74, 6) is 0. The zero-order valence-corrected chi connectivity index (χ0v) is 16.0. The van der Waals surface area contributed by atoms with Crippen LogP contribution in [0.2, 0.25) is 0 Å². The van der Waals surface area contributed by atoms with Crippen molar-refractivity contribution in [3.63, 3.8) is 0 Å². The van der Waals surface area contributed by atoms with Gasteiger partial charge in [0, 0.05) is 42.0 Å². The minimum absolute atomic E-state index is 0.997. The molecule has 2 aromatic heterocycles. The number of rotatable bonds is 6. The number of para-hydroxylation sites is 1. The maximum Gasteiger partial charge on any atom is 0.0456 e. The highest BCUT2D eigenvalue weighted by molar-refractivity contribution is 5.83. The van der Waals surface area contributed by atoms with Gasteiger partial charge in [-0.3, -0.25) is 4.98 Å². The molecular formula is C21H32N4. The van der Waals surface area contributed by atoms with Crippen molar-refractivity contribution < 1.29 is 0 Å². The van der Waals surface area contributed by atoms with Crippen molar-refractivity contribution >= 4 is 10.9 Å². The van der Waals surface area contributed by atoms with Crippen LogP contribution in [0.4, 0.5) is 0 Å². The van der Waals surface area contributed by atoms with E-state index in [0.717, 1.165) is 31.6 Å². The van der Waals surface area contributed by atoms with Crippen LogP contribution < -0.4 is 10.6 Å². The first kappa shape index (κ1) is 20.9. The van der Waals surface area contributed by atoms with Gasteiger partial charge in [0.1, 0.15) is 0 Å². The van der Waals surface area contributed by atoms with Crippen LogP contribution in [0.15, 0.2) is 54.9 Å². The molecule has 2 heterocycles. The summed E-state index contributed by atoms with van der Waals surface area (Å²) >= 11 is 0. The first-order valence-corrected chi connectivity index (χ1v) is 9.09. The quantitative estimate of drug-likeness (QED) is 0.640. The van der Waals surface area contributed by atoms with Crippen LogP contribution in [-0.2, 0) is 12.8 Å². The third-order valence-electron chi connectivity index (χ3n) is 3.68. The lowest BCUT2D eigenvalue weighted by atomic mass is 10.1. The van der Waals surface area contributed by atoms with E-state index in [1.807, 2.05) is 52.3 Å². The van der Waals surface area contributed by atoms with Gasteiger partial charge in [0.25, 0.3) is 0 Å². The fourth-order valence-electron chi connectivity index (χ4n) is 2.40. The summed E-state index contributed by atoms with van der Waals surface area (Å²) in [4.78, 5) is 7.45. The minimum Gasteiger partial charge on any atom is -0.361 e. The van der Waals surface area contributed by atoms with E-state index in [0.29, 0.717) is 0 Å². The van der Waals surface area contributed by atoms with E-state index in [-0.39, 0.29) is 0 Å². The first-order chi connectivity index (χ1) is 12.3. The molecule has 3 aromatic rings. The van der Waals surface area contributed by atoms with Crippen LogP contribution in [0.1, 0.15) is 25.1 Å². The number of hydrogen-bond acceptors (Lipinski definition) is 3. The van der Waals surface area contributed by atoms with E-state index in [9.17, 15) is 0 Å². The zero-order chi connectivity index (χ0) is 18.3. The number of nitrogens with one attached hydrogen (secondary N) is 3. The van der Waals surface area contributed by atoms with Crippen LogP contribution >= 0.6 is 0 Å². The van der Waals surface area contributed by atoms with Crippen molar-refractivity contribution in [1.82, 2.24) is 20.6 Å². The predicted molar refractivity (Wildman–Crippen MR) is 109 cm³/mol. The fraction of sp³-hybridized carbons (Fsp3) is 0.381. The van der Waals surface area contributed by atoms with Gasteiger partial charge >= 0.3 is 0 Å². The summed E-state index contributed by atoms with van der Waals surface area (Å²) in [7, 11) is 3.93. The summed E-state index contributed by atoms with van der Waals surface area (Å²) in [6.07, 6.45) is 6.02. The van der Waals surface area contributed by atoms with Crippen LogP contribution in [0.5, 0.6) is 0 Å². The SMILES string of the molecule is CC.CNCCc1c[nH]c2ccccc12.CNCCc1ccccn1. The number of benzene rings is 1. The second-order valence-corrected chi connectivity index (χ2v) is 5.39. The average Bonchev–Trinajstić information content (AvgIpc) is 3.11. The van der Waals surface area contributed by atoms with Gasteiger partial charge in [-0.2, -0.15) is 0 Å². The second-order valence-electron chi connectivity index (χ2n) is 5.39. The van der Waals surface area contributed by atoms with Crippen molar-refractivity contribution in [2.75, 3.05) is 27.2 Å². The molecule has 0 aliphatic heterocycles. The van der Waals surface area contributed by atoms with Gasteiger partial charge in [0.05, 0.1) is 0 Å². The molecule has 0 saturated carbocycles. The summed E-state index contributed by atoms with van der Waals surface area (Å²) in [6.45, 7) is 6.03. The Kier molecular flexibility index (Phi) is 11.0. The van der Waals surface area contributed by atoms with E-state index < -0.39 is 0 Å². The van der Waals surface area contributed by atoms with E-state index in [4.69, 9.17) is 0 Å². The molecule has 0 aliphatic carbocycles. The van der Waals surface area contributed by atoms with Crippen LogP contribution in [0.3, 0.4) is 0 Å². The van der Waals surface area contributed by atoms with Crippen molar-refractivity contribution in [3.05, 3.63) is 66.1 Å². The number of aromatic nitrogens is 2. The number of hydrogen-bond donors (Lipinski definition) is 3. The topological polar surface area (TPSA) is 52.7 Å². The van der Waals surface area contributed by atoms with Crippen LogP contribution in [-0.4, -0.2) is 37.2 Å². The number of pyridine rings is 1. The van der Waals surface area contributed by atoms with E-state index in [1.165, 1.54) is 16.5 Å². The molecule has 1 aromatic carbocycles.